The number of alkyl halides is 7. The van der Waals surface area contributed by atoms with E-state index in [2.05, 4.69) is 10.2 Å². The third-order valence-corrected chi connectivity index (χ3v) is 10.2. The largest absolute Gasteiger partial charge is 0.496 e. The molecule has 3 aromatic rings. The molecule has 0 spiro atoms. The quantitative estimate of drug-likeness (QED) is 0.197. The summed E-state index contributed by atoms with van der Waals surface area (Å²) in [6, 6.07) is 12.4. The van der Waals surface area contributed by atoms with Crippen molar-refractivity contribution < 1.29 is 54.9 Å². The van der Waals surface area contributed by atoms with E-state index < -0.39 is 74.3 Å². The highest BCUT2D eigenvalue weighted by atomic mass is 19.4. The molecule has 5 rings (SSSR count). The molecule has 0 saturated carbocycles. The number of halogens is 7. The number of nitrogens with zero attached hydrogens (tertiary/aromatic N) is 2. The number of carbonyl (C=O) groups is 2. The van der Waals surface area contributed by atoms with Gasteiger partial charge in [-0.2, -0.15) is 26.3 Å². The zero-order valence-corrected chi connectivity index (χ0v) is 28.9. The Morgan fingerprint density at radius 3 is 2.13 bits per heavy atom. The number of hydrogen-bond donors (Lipinski definition) is 2. The summed E-state index contributed by atoms with van der Waals surface area (Å²) < 4.78 is 107. The molecule has 2 heterocycles. The Labute approximate surface area is 296 Å². The molecule has 2 fully saturated rings. The molecule has 1 amide bonds. The van der Waals surface area contributed by atoms with Gasteiger partial charge in [0, 0.05) is 26.1 Å². The number of rotatable bonds is 12. The molecule has 1 atom stereocenters. The number of carbonyl (C=O) groups excluding carboxylic acids is 1. The van der Waals surface area contributed by atoms with Gasteiger partial charge in [-0.05, 0) is 78.7 Å². The minimum Gasteiger partial charge on any atom is -0.496 e. The number of ether oxygens (including phenoxy) is 2. The third kappa shape index (κ3) is 8.57. The highest BCUT2D eigenvalue weighted by Gasteiger charge is 2.61. The Morgan fingerprint density at radius 1 is 0.885 bits per heavy atom. The van der Waals surface area contributed by atoms with Crippen LogP contribution in [0.25, 0.3) is 21.9 Å². The van der Waals surface area contributed by atoms with Gasteiger partial charge in [-0.3, -0.25) is 9.69 Å². The topological polar surface area (TPSA) is 91.3 Å². The van der Waals surface area contributed by atoms with E-state index in [1.807, 2.05) is 24.3 Å². The highest BCUT2D eigenvalue weighted by Crippen LogP contribution is 2.47. The molecular formula is C37H42F7N3O5. The molecule has 2 saturated heterocycles. The van der Waals surface area contributed by atoms with E-state index in [0.29, 0.717) is 77.9 Å². The molecule has 3 aromatic carbocycles. The van der Waals surface area contributed by atoms with Crippen molar-refractivity contribution in [3.63, 3.8) is 0 Å². The molecule has 2 N–H and O–H groups in total. The van der Waals surface area contributed by atoms with Gasteiger partial charge in [-0.1, -0.05) is 42.5 Å². The first-order valence-corrected chi connectivity index (χ1v) is 17.1. The minimum absolute atomic E-state index is 0.375. The first kappa shape index (κ1) is 39.1. The van der Waals surface area contributed by atoms with Crippen LogP contribution in [0.5, 0.6) is 11.5 Å². The van der Waals surface area contributed by atoms with Crippen LogP contribution in [-0.4, -0.2) is 105 Å². The fourth-order valence-corrected chi connectivity index (χ4v) is 7.34. The molecule has 284 valence electrons. The number of likely N-dealkylation sites (tertiary alicyclic amines) is 2. The fourth-order valence-electron chi connectivity index (χ4n) is 7.34. The lowest BCUT2D eigenvalue weighted by atomic mass is 9.76. The molecule has 2 aliphatic rings. The summed E-state index contributed by atoms with van der Waals surface area (Å²) in [4.78, 5) is 28.8. The third-order valence-electron chi connectivity index (χ3n) is 10.2. The molecule has 0 aromatic heterocycles. The number of benzene rings is 3. The van der Waals surface area contributed by atoms with Crippen LogP contribution < -0.4 is 14.8 Å². The molecule has 0 aliphatic carbocycles. The van der Waals surface area contributed by atoms with E-state index in [1.54, 1.807) is 31.4 Å². The fraction of sp³-hybridized carbons (Fsp3) is 0.514. The lowest BCUT2D eigenvalue weighted by Crippen LogP contribution is -2.59. The maximum Gasteiger partial charge on any atom is 0.403 e. The van der Waals surface area contributed by atoms with Crippen molar-refractivity contribution in [2.75, 3.05) is 53.5 Å². The van der Waals surface area contributed by atoms with Crippen LogP contribution in [-0.2, 0) is 22.4 Å². The lowest BCUT2D eigenvalue weighted by Gasteiger charge is -2.42. The summed E-state index contributed by atoms with van der Waals surface area (Å²) in [5.74, 6) is -2.08. The number of hydrogen-bond acceptors (Lipinski definition) is 6. The van der Waals surface area contributed by atoms with Gasteiger partial charge in [-0.25, -0.2) is 9.18 Å². The Kier molecular flexibility index (Phi) is 11.9. The van der Waals surface area contributed by atoms with Gasteiger partial charge in [0.05, 0.1) is 26.3 Å². The standard InChI is InChI=1S/C37H42F7N3O5/c1-51-30-10-9-23(11-16-46-17-12-25(38)13-18-46)32(52-2)31(30)28-8-4-6-26-24(5-3-7-27(26)28)21-29(33(48)49)45-34(50)35(37(42,43)44)14-19-47(20-15-35)22-36(39,40)41/h3-10,25,29H,11-22H2,1-2H3,(H,45,50)(H,48,49)/t29-/m0/s1. The number of amides is 1. The SMILES string of the molecule is COc1ccc(CCN2CCC(F)CC2)c(OC)c1-c1cccc2c(C[C@H](NC(=O)C3(C(F)(F)F)CCN(CC(F)(F)F)CC3)C(=O)O)cccc12. The van der Waals surface area contributed by atoms with Gasteiger partial charge in [0.15, 0.2) is 0 Å². The van der Waals surface area contributed by atoms with E-state index in [0.717, 1.165) is 10.5 Å². The van der Waals surface area contributed by atoms with E-state index in [4.69, 9.17) is 9.47 Å². The number of aliphatic carboxylic acids is 1. The minimum atomic E-state index is -5.13. The summed E-state index contributed by atoms with van der Waals surface area (Å²) in [5, 5.41) is 13.4. The second kappa shape index (κ2) is 15.9. The van der Waals surface area contributed by atoms with Crippen molar-refractivity contribution in [2.24, 2.45) is 5.41 Å². The van der Waals surface area contributed by atoms with Crippen molar-refractivity contribution in [3.8, 4) is 22.6 Å². The van der Waals surface area contributed by atoms with Crippen LogP contribution in [0.4, 0.5) is 30.7 Å². The van der Waals surface area contributed by atoms with Gasteiger partial charge in [-0.15, -0.1) is 0 Å². The Balaban J connectivity index is 1.43. The number of nitrogens with one attached hydrogen (secondary N) is 1. The number of carboxylic acid groups (broad SMARTS) is 1. The maximum atomic E-state index is 14.4. The number of carboxylic acids is 1. The van der Waals surface area contributed by atoms with E-state index in [1.165, 1.54) is 7.11 Å². The first-order valence-electron chi connectivity index (χ1n) is 17.1. The van der Waals surface area contributed by atoms with E-state index >= 15 is 0 Å². The van der Waals surface area contributed by atoms with Gasteiger partial charge >= 0.3 is 18.3 Å². The normalized spacial score (nSPS) is 18.2. The number of fused-ring (bicyclic) bond motifs is 1. The first-order chi connectivity index (χ1) is 24.6. The summed E-state index contributed by atoms with van der Waals surface area (Å²) >= 11 is 0. The highest BCUT2D eigenvalue weighted by molar-refractivity contribution is 6.01. The number of methoxy groups -OCH3 is 2. The van der Waals surface area contributed by atoms with Crippen LogP contribution in [0, 0.1) is 5.41 Å². The number of piperidine rings is 2. The van der Waals surface area contributed by atoms with E-state index in [9.17, 15) is 45.4 Å². The van der Waals surface area contributed by atoms with Crippen LogP contribution in [0.15, 0.2) is 48.5 Å². The molecule has 8 nitrogen and oxygen atoms in total. The second-order valence-corrected chi connectivity index (χ2v) is 13.5. The second-order valence-electron chi connectivity index (χ2n) is 13.5. The molecule has 0 unspecified atom stereocenters. The van der Waals surface area contributed by atoms with Crippen molar-refractivity contribution in [3.05, 3.63) is 59.7 Å². The van der Waals surface area contributed by atoms with Crippen LogP contribution in [0.1, 0.15) is 36.8 Å². The predicted molar refractivity (Wildman–Crippen MR) is 180 cm³/mol. The van der Waals surface area contributed by atoms with Gasteiger partial charge in [0.2, 0.25) is 5.91 Å². The maximum absolute atomic E-state index is 14.4. The van der Waals surface area contributed by atoms with Gasteiger partial charge in [0.25, 0.3) is 0 Å². The molecule has 2 aliphatic heterocycles. The van der Waals surface area contributed by atoms with Crippen molar-refractivity contribution >= 4 is 22.6 Å². The Morgan fingerprint density at radius 2 is 1.54 bits per heavy atom. The Bertz CT molecular complexity index is 1730. The summed E-state index contributed by atoms with van der Waals surface area (Å²) in [6.07, 6.45) is -11.2. The summed E-state index contributed by atoms with van der Waals surface area (Å²) in [5.41, 5.74) is -0.398. The summed E-state index contributed by atoms with van der Waals surface area (Å²) in [7, 11) is 3.06. The van der Waals surface area contributed by atoms with Crippen molar-refractivity contribution in [1.82, 2.24) is 15.1 Å². The van der Waals surface area contributed by atoms with Gasteiger partial charge in [0.1, 0.15) is 29.1 Å². The van der Waals surface area contributed by atoms with Crippen LogP contribution in [0.3, 0.4) is 0 Å². The van der Waals surface area contributed by atoms with Crippen LogP contribution >= 0.6 is 0 Å². The predicted octanol–water partition coefficient (Wildman–Crippen LogP) is 6.82. The molecule has 15 heteroatoms. The molecule has 52 heavy (non-hydrogen) atoms. The lowest BCUT2D eigenvalue weighted by molar-refractivity contribution is -0.236. The van der Waals surface area contributed by atoms with Crippen molar-refractivity contribution in [1.29, 1.82) is 0 Å². The van der Waals surface area contributed by atoms with E-state index in [-0.39, 0.29) is 6.42 Å². The average Bonchev–Trinajstić information content (AvgIpc) is 3.09. The average molecular weight is 742 g/mol. The monoisotopic (exact) mass is 741 g/mol. The molecular weight excluding hydrogens is 699 g/mol. The molecule has 0 radical (unpaired) electrons. The van der Waals surface area contributed by atoms with Crippen molar-refractivity contribution in [2.45, 2.75) is 63.1 Å². The molecule has 0 bridgehead atoms. The summed E-state index contributed by atoms with van der Waals surface area (Å²) in [6.45, 7) is -0.670. The van der Waals surface area contributed by atoms with Crippen LogP contribution in [0.2, 0.25) is 0 Å². The smallest absolute Gasteiger partial charge is 0.403 e. The zero-order valence-electron chi connectivity index (χ0n) is 28.9. The van der Waals surface area contributed by atoms with Gasteiger partial charge < -0.3 is 24.8 Å². The zero-order chi connectivity index (χ0) is 37.8. The Hall–Kier alpha value is -4.11.